The second-order valence-corrected chi connectivity index (χ2v) is 6.17. The van der Waals surface area contributed by atoms with Gasteiger partial charge in [0.1, 0.15) is 5.82 Å². The van der Waals surface area contributed by atoms with Gasteiger partial charge in [0.2, 0.25) is 0 Å². The summed E-state index contributed by atoms with van der Waals surface area (Å²) >= 11 is 0. The van der Waals surface area contributed by atoms with E-state index < -0.39 is 0 Å². The van der Waals surface area contributed by atoms with Gasteiger partial charge in [-0.15, -0.1) is 0 Å². The normalized spacial score (nSPS) is 11.0. The molecule has 0 aliphatic heterocycles. The Kier molecular flexibility index (Phi) is 3.90. The minimum absolute atomic E-state index is 0.679. The number of hydrogen-bond donors (Lipinski definition) is 0. The molecule has 5 nitrogen and oxygen atoms in total. The molecule has 0 saturated carbocycles. The molecule has 0 spiro atoms. The number of rotatable bonds is 4. The zero-order valence-corrected chi connectivity index (χ0v) is 14.3. The van der Waals surface area contributed by atoms with Gasteiger partial charge < -0.3 is 4.90 Å². The van der Waals surface area contributed by atoms with Gasteiger partial charge in [0.25, 0.3) is 0 Å². The van der Waals surface area contributed by atoms with Crippen molar-refractivity contribution in [2.45, 2.75) is 13.5 Å². The van der Waals surface area contributed by atoms with E-state index in [0.717, 1.165) is 34.0 Å². The molecular formula is C20H19N5. The summed E-state index contributed by atoms with van der Waals surface area (Å²) in [5, 5.41) is 0. The Morgan fingerprint density at radius 3 is 2.52 bits per heavy atom. The third-order valence-electron chi connectivity index (χ3n) is 4.20. The van der Waals surface area contributed by atoms with E-state index in [9.17, 15) is 0 Å². The molecule has 0 aliphatic rings. The van der Waals surface area contributed by atoms with E-state index in [1.54, 1.807) is 0 Å². The fourth-order valence-corrected chi connectivity index (χ4v) is 2.84. The monoisotopic (exact) mass is 329 g/mol. The van der Waals surface area contributed by atoms with Gasteiger partial charge in [-0.1, -0.05) is 36.4 Å². The van der Waals surface area contributed by atoms with Crippen molar-refractivity contribution in [3.8, 4) is 11.3 Å². The predicted molar refractivity (Wildman–Crippen MR) is 99.5 cm³/mol. The van der Waals surface area contributed by atoms with Crippen LogP contribution in [0.4, 0.5) is 5.82 Å². The van der Waals surface area contributed by atoms with Crippen LogP contribution in [0, 0.1) is 6.92 Å². The van der Waals surface area contributed by atoms with Crippen molar-refractivity contribution in [1.82, 2.24) is 19.4 Å². The first-order valence-electron chi connectivity index (χ1n) is 8.22. The Hall–Kier alpha value is -3.21. The highest BCUT2D eigenvalue weighted by Gasteiger charge is 2.09. The fourth-order valence-electron chi connectivity index (χ4n) is 2.84. The highest BCUT2D eigenvalue weighted by Crippen LogP contribution is 2.21. The van der Waals surface area contributed by atoms with E-state index in [-0.39, 0.29) is 0 Å². The van der Waals surface area contributed by atoms with Gasteiger partial charge in [0.05, 0.1) is 30.3 Å². The number of pyridine rings is 1. The van der Waals surface area contributed by atoms with Crippen LogP contribution >= 0.6 is 0 Å². The number of hydrogen-bond acceptors (Lipinski definition) is 4. The molecule has 0 radical (unpaired) electrons. The number of aryl methyl sites for hydroxylation is 1. The van der Waals surface area contributed by atoms with Crippen LogP contribution in [0.15, 0.2) is 67.3 Å². The lowest BCUT2D eigenvalue weighted by Crippen LogP contribution is -2.18. The fraction of sp³-hybridized carbons (Fsp3) is 0.150. The minimum Gasteiger partial charge on any atom is -0.354 e. The van der Waals surface area contributed by atoms with Gasteiger partial charge in [0.15, 0.2) is 5.65 Å². The van der Waals surface area contributed by atoms with Crippen molar-refractivity contribution in [3.05, 3.63) is 78.5 Å². The maximum atomic E-state index is 4.54. The molecule has 0 amide bonds. The van der Waals surface area contributed by atoms with Gasteiger partial charge in [-0.25, -0.2) is 9.97 Å². The first-order valence-corrected chi connectivity index (χ1v) is 8.22. The summed E-state index contributed by atoms with van der Waals surface area (Å²) < 4.78 is 2.09. The Labute approximate surface area is 146 Å². The van der Waals surface area contributed by atoms with E-state index in [1.807, 2.05) is 56.8 Å². The number of imidazole rings is 1. The molecule has 0 unspecified atom stereocenters. The summed E-state index contributed by atoms with van der Waals surface area (Å²) in [7, 11) is 2.02. The molecule has 4 rings (SSSR count). The summed E-state index contributed by atoms with van der Waals surface area (Å²) in [5.41, 5.74) is 5.17. The molecule has 25 heavy (non-hydrogen) atoms. The molecule has 0 aliphatic carbocycles. The van der Waals surface area contributed by atoms with E-state index in [2.05, 4.69) is 48.6 Å². The van der Waals surface area contributed by atoms with Crippen molar-refractivity contribution in [2.24, 2.45) is 0 Å². The first-order chi connectivity index (χ1) is 12.2. The van der Waals surface area contributed by atoms with Crippen LogP contribution in [0.1, 0.15) is 11.3 Å². The Bertz CT molecular complexity index is 990. The maximum Gasteiger partial charge on any atom is 0.155 e. The summed E-state index contributed by atoms with van der Waals surface area (Å²) in [6, 6.07) is 14.4. The first kappa shape index (κ1) is 15.3. The van der Waals surface area contributed by atoms with Crippen LogP contribution < -0.4 is 4.90 Å². The molecule has 4 aromatic rings. The van der Waals surface area contributed by atoms with Crippen LogP contribution in [0.2, 0.25) is 0 Å². The molecule has 3 aromatic heterocycles. The van der Waals surface area contributed by atoms with Crippen LogP contribution in [0.25, 0.3) is 16.9 Å². The largest absolute Gasteiger partial charge is 0.354 e. The van der Waals surface area contributed by atoms with Crippen molar-refractivity contribution in [2.75, 3.05) is 11.9 Å². The lowest BCUT2D eigenvalue weighted by atomic mass is 10.2. The van der Waals surface area contributed by atoms with Gasteiger partial charge in [-0.3, -0.25) is 9.38 Å². The molecule has 0 fully saturated rings. The van der Waals surface area contributed by atoms with E-state index in [0.29, 0.717) is 6.54 Å². The molecule has 0 N–H and O–H groups in total. The van der Waals surface area contributed by atoms with Crippen molar-refractivity contribution in [1.29, 1.82) is 0 Å². The average molecular weight is 329 g/mol. The highest BCUT2D eigenvalue weighted by atomic mass is 15.2. The molecule has 0 bridgehead atoms. The van der Waals surface area contributed by atoms with Gasteiger partial charge in [-0.05, 0) is 18.6 Å². The summed E-state index contributed by atoms with van der Waals surface area (Å²) in [5.74, 6) is 0.932. The molecule has 124 valence electrons. The van der Waals surface area contributed by atoms with E-state index >= 15 is 0 Å². The standard InChI is InChI=1S/C20H19N5/c1-15-8-9-19(22-10-15)24(2)13-17-14-25-18(11-23-20(25)12-21-17)16-6-4-3-5-7-16/h3-12,14H,13H2,1-2H3. The third kappa shape index (κ3) is 3.08. The molecule has 5 heteroatoms. The smallest absolute Gasteiger partial charge is 0.155 e. The Morgan fingerprint density at radius 2 is 1.76 bits per heavy atom. The lowest BCUT2D eigenvalue weighted by molar-refractivity contribution is 0.852. The maximum absolute atomic E-state index is 4.54. The topological polar surface area (TPSA) is 46.3 Å². The lowest BCUT2D eigenvalue weighted by Gasteiger charge is -2.17. The summed E-state index contributed by atoms with van der Waals surface area (Å²) in [6.45, 7) is 2.72. The number of aromatic nitrogens is 4. The molecule has 0 saturated heterocycles. The number of fused-ring (bicyclic) bond motifs is 1. The van der Waals surface area contributed by atoms with Crippen molar-refractivity contribution < 1.29 is 0 Å². The Morgan fingerprint density at radius 1 is 0.920 bits per heavy atom. The quantitative estimate of drug-likeness (QED) is 0.572. The number of nitrogens with zero attached hydrogens (tertiary/aromatic N) is 5. The van der Waals surface area contributed by atoms with E-state index in [4.69, 9.17) is 0 Å². The third-order valence-corrected chi connectivity index (χ3v) is 4.20. The second kappa shape index (κ2) is 6.36. The zero-order chi connectivity index (χ0) is 17.2. The SMILES string of the molecule is Cc1ccc(N(C)Cc2cn3c(-c4ccccc4)cnc3cn2)nc1. The number of anilines is 1. The minimum atomic E-state index is 0.679. The summed E-state index contributed by atoms with van der Waals surface area (Å²) in [6.07, 6.45) is 7.64. The highest BCUT2D eigenvalue weighted by molar-refractivity contribution is 5.63. The predicted octanol–water partition coefficient (Wildman–Crippen LogP) is 3.74. The van der Waals surface area contributed by atoms with Crippen molar-refractivity contribution in [3.63, 3.8) is 0 Å². The number of benzene rings is 1. The van der Waals surface area contributed by atoms with Crippen molar-refractivity contribution >= 4 is 11.5 Å². The van der Waals surface area contributed by atoms with Gasteiger partial charge >= 0.3 is 0 Å². The second-order valence-electron chi connectivity index (χ2n) is 6.17. The van der Waals surface area contributed by atoms with Crippen LogP contribution in [-0.4, -0.2) is 26.4 Å². The summed E-state index contributed by atoms with van der Waals surface area (Å²) in [4.78, 5) is 15.6. The van der Waals surface area contributed by atoms with Crippen LogP contribution in [-0.2, 0) is 6.54 Å². The molecule has 0 atom stereocenters. The average Bonchev–Trinajstić information content (AvgIpc) is 3.06. The van der Waals surface area contributed by atoms with Crippen LogP contribution in [0.5, 0.6) is 0 Å². The zero-order valence-electron chi connectivity index (χ0n) is 14.3. The molecular weight excluding hydrogens is 310 g/mol. The Balaban J connectivity index is 1.65. The van der Waals surface area contributed by atoms with Gasteiger partial charge in [0, 0.05) is 25.0 Å². The van der Waals surface area contributed by atoms with Gasteiger partial charge in [-0.2, -0.15) is 0 Å². The van der Waals surface area contributed by atoms with E-state index in [1.165, 1.54) is 0 Å². The molecule has 3 heterocycles. The molecule has 1 aromatic carbocycles. The van der Waals surface area contributed by atoms with Crippen LogP contribution in [0.3, 0.4) is 0 Å².